The highest BCUT2D eigenvalue weighted by molar-refractivity contribution is 6.27. The second-order valence-electron chi connectivity index (χ2n) is 32.5. The SMILES string of the molecule is CC(C)(C)c1cc2ccc3ccc(-c4ccc(-c5ccc6c(c5)C(C)(C)c5cc(-c7ccc8c(c7)C(C)(C)c7cc(-c9ccc%10c(c9)C(C)(C)c9cc(-c%11ccc(-c%12ccc%13ccc%14cc(C(C)(C)C)cc%15ccc%12c%13c%14%15)cc%11)ccc9-%10)ccc7-8)ccc5-6)cc4)c4ccc(c1)c2c34. The van der Waals surface area contributed by atoms with Crippen LogP contribution in [0.25, 0.3) is 165 Å². The Morgan fingerprint density at radius 3 is 0.660 bits per heavy atom. The lowest BCUT2D eigenvalue weighted by molar-refractivity contribution is 0.591. The Bertz CT molecular complexity index is 5650. The Hall–Kier alpha value is -10.4. The highest BCUT2D eigenvalue weighted by atomic mass is 14.4. The van der Waals surface area contributed by atoms with Gasteiger partial charge in [0, 0.05) is 16.2 Å². The summed E-state index contributed by atoms with van der Waals surface area (Å²) in [7, 11) is 0. The average molecular weight is 1240 g/mol. The minimum Gasteiger partial charge on any atom is -0.0561 e. The summed E-state index contributed by atoms with van der Waals surface area (Å²) in [5.41, 5.74) is 33.9. The number of fused-ring (bicyclic) bond motifs is 9. The van der Waals surface area contributed by atoms with E-state index in [1.165, 1.54) is 209 Å². The molecular formula is C97H78. The zero-order valence-corrected chi connectivity index (χ0v) is 57.7. The first kappa shape index (κ1) is 58.0. The van der Waals surface area contributed by atoms with Crippen LogP contribution in [0.1, 0.15) is 128 Å². The first-order valence-corrected chi connectivity index (χ1v) is 35.1. The standard InChI is InChI=1S/C97H78/c1-93(2,3)71-45-67-23-21-59-25-35-73(81-43-33-69(47-71)89(67)91(59)81)57-17-13-55(14-18-57)61-27-37-75-77-39-29-63(51-85(77)95(7,8)83(75)49-61)65-31-41-79-80-42-32-66(54-88(80)97(11,12)87(79)53-65)64-30-40-78-76-38-28-62(50-84(76)96(9,10)86(78)52-64)56-15-19-58(20-16-56)74-36-26-60-22-24-68-46-72(94(4,5)6)48-70-34-44-82(74)92(60)90(68)70/h13-54H,1-12H3. The zero-order chi connectivity index (χ0) is 66.1. The molecule has 97 heavy (non-hydrogen) atoms. The fourth-order valence-electron chi connectivity index (χ4n) is 18.0. The van der Waals surface area contributed by atoms with E-state index < -0.39 is 0 Å². The minimum absolute atomic E-state index is 0.0871. The van der Waals surface area contributed by atoms with Gasteiger partial charge in [-0.05, 0) is 257 Å². The highest BCUT2D eigenvalue weighted by Crippen LogP contribution is 2.56. The number of benzene rings is 16. The van der Waals surface area contributed by atoms with Gasteiger partial charge in [0.05, 0.1) is 0 Å². The summed E-state index contributed by atoms with van der Waals surface area (Å²) in [4.78, 5) is 0. The van der Waals surface area contributed by atoms with Gasteiger partial charge in [0.2, 0.25) is 0 Å². The summed E-state index contributed by atoms with van der Waals surface area (Å²) in [6, 6.07) is 99.3. The predicted octanol–water partition coefficient (Wildman–Crippen LogP) is 27.0. The predicted molar refractivity (Wildman–Crippen MR) is 417 cm³/mol. The summed E-state index contributed by atoms with van der Waals surface area (Å²) in [6.07, 6.45) is 0. The van der Waals surface area contributed by atoms with Crippen molar-refractivity contribution < 1.29 is 0 Å². The van der Waals surface area contributed by atoms with Crippen LogP contribution in [0.2, 0.25) is 0 Å². The number of hydrogen-bond acceptors (Lipinski definition) is 0. The Kier molecular flexibility index (Phi) is 11.9. The second-order valence-corrected chi connectivity index (χ2v) is 32.5. The first-order valence-electron chi connectivity index (χ1n) is 35.1. The molecule has 0 nitrogen and oxygen atoms in total. The van der Waals surface area contributed by atoms with Crippen LogP contribution in [0.3, 0.4) is 0 Å². The molecule has 0 radical (unpaired) electrons. The van der Waals surface area contributed by atoms with Gasteiger partial charge in [0.25, 0.3) is 0 Å². The van der Waals surface area contributed by atoms with E-state index in [0.29, 0.717) is 0 Å². The molecule has 16 aromatic carbocycles. The molecule has 0 saturated carbocycles. The molecule has 16 aromatic rings. The van der Waals surface area contributed by atoms with Crippen LogP contribution in [0.5, 0.6) is 0 Å². The van der Waals surface area contributed by atoms with Crippen molar-refractivity contribution in [2.24, 2.45) is 0 Å². The van der Waals surface area contributed by atoms with Crippen LogP contribution in [-0.2, 0) is 27.1 Å². The molecule has 19 rings (SSSR count). The number of rotatable bonds is 6. The third kappa shape index (κ3) is 8.48. The van der Waals surface area contributed by atoms with Gasteiger partial charge in [-0.3, -0.25) is 0 Å². The Morgan fingerprint density at radius 2 is 0.392 bits per heavy atom. The molecule has 0 aromatic heterocycles. The fraction of sp³-hybridized carbons (Fsp3) is 0.175. The molecule has 0 heterocycles. The summed E-state index contributed by atoms with van der Waals surface area (Å²) in [6.45, 7) is 28.4. The van der Waals surface area contributed by atoms with Gasteiger partial charge in [-0.2, -0.15) is 0 Å². The van der Waals surface area contributed by atoms with Gasteiger partial charge in [-0.1, -0.05) is 301 Å². The Balaban J connectivity index is 0.569. The second kappa shape index (κ2) is 19.9. The van der Waals surface area contributed by atoms with E-state index in [2.05, 4.69) is 338 Å². The molecule has 466 valence electrons. The molecule has 0 amide bonds. The lowest BCUT2D eigenvalue weighted by Gasteiger charge is -2.24. The highest BCUT2D eigenvalue weighted by Gasteiger charge is 2.40. The van der Waals surface area contributed by atoms with Crippen molar-refractivity contribution >= 4 is 64.6 Å². The van der Waals surface area contributed by atoms with Crippen LogP contribution in [0.15, 0.2) is 255 Å². The summed E-state index contributed by atoms with van der Waals surface area (Å²) < 4.78 is 0. The lowest BCUT2D eigenvalue weighted by atomic mass is 9.79. The molecule has 3 aliphatic carbocycles. The molecular weight excluding hydrogens is 1170 g/mol. The molecule has 0 N–H and O–H groups in total. The van der Waals surface area contributed by atoms with E-state index in [4.69, 9.17) is 0 Å². The molecule has 0 spiro atoms. The Labute approximate surface area is 570 Å². The van der Waals surface area contributed by atoms with Crippen molar-refractivity contribution in [3.63, 3.8) is 0 Å². The van der Waals surface area contributed by atoms with E-state index in [1.54, 1.807) is 0 Å². The number of hydrogen-bond donors (Lipinski definition) is 0. The van der Waals surface area contributed by atoms with Crippen molar-refractivity contribution in [2.45, 2.75) is 110 Å². The van der Waals surface area contributed by atoms with Gasteiger partial charge in [-0.15, -0.1) is 0 Å². The van der Waals surface area contributed by atoms with Gasteiger partial charge in [-0.25, -0.2) is 0 Å². The normalized spacial score (nSPS) is 14.8. The summed E-state index contributed by atoms with van der Waals surface area (Å²) in [5.74, 6) is 0. The van der Waals surface area contributed by atoms with Crippen LogP contribution in [-0.4, -0.2) is 0 Å². The van der Waals surface area contributed by atoms with Gasteiger partial charge in [0.15, 0.2) is 0 Å². The molecule has 3 aliphatic rings. The third-order valence-electron chi connectivity index (χ3n) is 23.7. The fourth-order valence-corrected chi connectivity index (χ4v) is 18.0. The van der Waals surface area contributed by atoms with Crippen molar-refractivity contribution in [2.75, 3.05) is 0 Å². The minimum atomic E-state index is -0.185. The third-order valence-corrected chi connectivity index (χ3v) is 23.7. The largest absolute Gasteiger partial charge is 0.0561 e. The molecule has 0 saturated heterocycles. The first-order chi connectivity index (χ1) is 46.5. The van der Waals surface area contributed by atoms with Gasteiger partial charge >= 0.3 is 0 Å². The maximum absolute atomic E-state index is 2.49. The van der Waals surface area contributed by atoms with Gasteiger partial charge in [0.1, 0.15) is 0 Å². The molecule has 0 heteroatoms. The van der Waals surface area contributed by atoms with Gasteiger partial charge < -0.3 is 0 Å². The summed E-state index contributed by atoms with van der Waals surface area (Å²) >= 11 is 0. The monoisotopic (exact) mass is 1240 g/mol. The zero-order valence-electron chi connectivity index (χ0n) is 57.7. The average Bonchev–Trinajstić information content (AvgIpc) is 1.72. The van der Waals surface area contributed by atoms with Crippen molar-refractivity contribution in [3.8, 4) is 100 Å². The van der Waals surface area contributed by atoms with Crippen LogP contribution >= 0.6 is 0 Å². The van der Waals surface area contributed by atoms with Crippen molar-refractivity contribution in [1.29, 1.82) is 0 Å². The maximum atomic E-state index is 2.49. The summed E-state index contributed by atoms with van der Waals surface area (Å²) in [5, 5.41) is 16.0. The van der Waals surface area contributed by atoms with E-state index in [1.807, 2.05) is 0 Å². The van der Waals surface area contributed by atoms with Crippen LogP contribution in [0.4, 0.5) is 0 Å². The van der Waals surface area contributed by atoms with Crippen LogP contribution in [0, 0.1) is 0 Å². The molecule has 0 fully saturated rings. The van der Waals surface area contributed by atoms with Crippen LogP contribution < -0.4 is 0 Å². The van der Waals surface area contributed by atoms with E-state index >= 15 is 0 Å². The smallest absolute Gasteiger partial charge is 0.0159 e. The van der Waals surface area contributed by atoms with Crippen molar-refractivity contribution in [1.82, 2.24) is 0 Å². The molecule has 0 bridgehead atoms. The molecule has 0 unspecified atom stereocenters. The molecule has 0 atom stereocenters. The lowest BCUT2D eigenvalue weighted by Crippen LogP contribution is -2.16. The maximum Gasteiger partial charge on any atom is 0.0159 e. The topological polar surface area (TPSA) is 0 Å². The molecule has 0 aliphatic heterocycles. The van der Waals surface area contributed by atoms with E-state index in [9.17, 15) is 0 Å². The Morgan fingerprint density at radius 1 is 0.186 bits per heavy atom. The van der Waals surface area contributed by atoms with E-state index in [-0.39, 0.29) is 27.1 Å². The van der Waals surface area contributed by atoms with Crippen molar-refractivity contribution in [3.05, 3.63) is 299 Å². The quantitative estimate of drug-likeness (QED) is 0.146. The van der Waals surface area contributed by atoms with E-state index in [0.717, 1.165) is 0 Å².